The first-order chi connectivity index (χ1) is 9.16. The highest BCUT2D eigenvalue weighted by Crippen LogP contribution is 2.16. The van der Waals surface area contributed by atoms with E-state index in [1.807, 2.05) is 0 Å². The van der Waals surface area contributed by atoms with Crippen LogP contribution in [-0.2, 0) is 0 Å². The first-order valence-corrected chi connectivity index (χ1v) is 6.10. The number of hydrogen-bond acceptors (Lipinski definition) is 3. The van der Waals surface area contributed by atoms with Gasteiger partial charge in [0.25, 0.3) is 0 Å². The van der Waals surface area contributed by atoms with Crippen LogP contribution >= 0.6 is 0 Å². The summed E-state index contributed by atoms with van der Waals surface area (Å²) in [7, 11) is 0. The molecule has 0 saturated carbocycles. The van der Waals surface area contributed by atoms with Gasteiger partial charge in [-0.25, -0.2) is 4.79 Å². The number of pyridine rings is 1. The Morgan fingerprint density at radius 1 is 1.37 bits per heavy atom. The molecule has 1 fully saturated rings. The maximum absolute atomic E-state index is 11.7. The van der Waals surface area contributed by atoms with Gasteiger partial charge in [-0.1, -0.05) is 5.92 Å². The van der Waals surface area contributed by atoms with Crippen molar-refractivity contribution < 1.29 is 14.7 Å². The van der Waals surface area contributed by atoms with Crippen LogP contribution in [0.15, 0.2) is 24.5 Å². The van der Waals surface area contributed by atoms with E-state index >= 15 is 0 Å². The van der Waals surface area contributed by atoms with Crippen LogP contribution < -0.4 is 0 Å². The number of carbonyl (C=O) groups excluding carboxylic acids is 1. The van der Waals surface area contributed by atoms with Gasteiger partial charge in [-0.3, -0.25) is 9.78 Å². The number of hydrogen-bond donors (Lipinski definition) is 1. The number of nitrogens with zero attached hydrogens (tertiary/aromatic N) is 2. The molecular formula is C14H14N2O3. The molecule has 0 radical (unpaired) electrons. The molecule has 98 valence electrons. The average molecular weight is 258 g/mol. The fraction of sp³-hybridized carbons (Fsp3) is 0.357. The molecule has 2 heterocycles. The number of rotatable bonds is 1. The minimum Gasteiger partial charge on any atom is -0.465 e. The third-order valence-corrected chi connectivity index (χ3v) is 3.08. The molecule has 1 saturated heterocycles. The van der Waals surface area contributed by atoms with Crippen molar-refractivity contribution in [3.8, 4) is 11.8 Å². The van der Waals surface area contributed by atoms with E-state index in [4.69, 9.17) is 5.11 Å². The fourth-order valence-electron chi connectivity index (χ4n) is 1.95. The summed E-state index contributed by atoms with van der Waals surface area (Å²) in [6.45, 7) is 0.964. The molecule has 0 atom stereocenters. The third-order valence-electron chi connectivity index (χ3n) is 3.08. The number of Topliss-reactive ketones (excluding diaryl/α,β-unsaturated/α-hetero) is 1. The predicted molar refractivity (Wildman–Crippen MR) is 68.7 cm³/mol. The highest BCUT2D eigenvalue weighted by Gasteiger charge is 2.20. The van der Waals surface area contributed by atoms with Crippen LogP contribution in [0, 0.1) is 17.8 Å². The largest absolute Gasteiger partial charge is 0.465 e. The summed E-state index contributed by atoms with van der Waals surface area (Å²) in [5, 5.41) is 8.82. The zero-order chi connectivity index (χ0) is 13.7. The Hall–Kier alpha value is -2.35. The van der Waals surface area contributed by atoms with Crippen molar-refractivity contribution in [3.63, 3.8) is 0 Å². The molecule has 0 spiro atoms. The molecule has 19 heavy (non-hydrogen) atoms. The van der Waals surface area contributed by atoms with Gasteiger partial charge in [0.15, 0.2) is 0 Å². The van der Waals surface area contributed by atoms with E-state index in [-0.39, 0.29) is 11.7 Å². The van der Waals surface area contributed by atoms with Gasteiger partial charge in [0.2, 0.25) is 5.78 Å². The fourth-order valence-corrected chi connectivity index (χ4v) is 1.95. The first-order valence-electron chi connectivity index (χ1n) is 6.10. The number of carbonyl (C=O) groups is 2. The summed E-state index contributed by atoms with van der Waals surface area (Å²) in [5.41, 5.74) is 0.484. The average Bonchev–Trinajstić information content (AvgIpc) is 2.46. The second-order valence-corrected chi connectivity index (χ2v) is 4.38. The van der Waals surface area contributed by atoms with E-state index in [2.05, 4.69) is 16.8 Å². The van der Waals surface area contributed by atoms with E-state index in [9.17, 15) is 9.59 Å². The number of aromatic nitrogens is 1. The molecular weight excluding hydrogens is 244 g/mol. The highest BCUT2D eigenvalue weighted by molar-refractivity contribution is 6.08. The summed E-state index contributed by atoms with van der Waals surface area (Å²) in [4.78, 5) is 27.7. The summed E-state index contributed by atoms with van der Waals surface area (Å²) >= 11 is 0. The second kappa shape index (κ2) is 6.01. The van der Waals surface area contributed by atoms with Gasteiger partial charge in [-0.15, -0.1) is 0 Å². The van der Waals surface area contributed by atoms with Crippen LogP contribution in [0.1, 0.15) is 23.2 Å². The molecule has 1 amide bonds. The second-order valence-electron chi connectivity index (χ2n) is 4.38. The molecule has 5 nitrogen and oxygen atoms in total. The summed E-state index contributed by atoms with van der Waals surface area (Å²) in [5.74, 6) is 5.40. The number of carboxylic acid groups (broad SMARTS) is 1. The first kappa shape index (κ1) is 13.1. The van der Waals surface area contributed by atoms with Gasteiger partial charge < -0.3 is 10.0 Å². The van der Waals surface area contributed by atoms with Gasteiger partial charge in [0.1, 0.15) is 0 Å². The van der Waals surface area contributed by atoms with E-state index in [1.54, 1.807) is 18.3 Å². The lowest BCUT2D eigenvalue weighted by molar-refractivity contribution is 0.105. The van der Waals surface area contributed by atoms with Gasteiger partial charge in [0.05, 0.1) is 0 Å². The molecule has 1 N–H and O–H groups in total. The number of piperidine rings is 1. The maximum Gasteiger partial charge on any atom is 0.407 e. The van der Waals surface area contributed by atoms with Crippen molar-refractivity contribution in [2.45, 2.75) is 12.8 Å². The van der Waals surface area contributed by atoms with Crippen molar-refractivity contribution >= 4 is 11.9 Å². The van der Waals surface area contributed by atoms with Crippen molar-refractivity contribution in [2.75, 3.05) is 13.1 Å². The van der Waals surface area contributed by atoms with Gasteiger partial charge in [-0.2, -0.15) is 0 Å². The number of likely N-dealkylation sites (tertiary alicyclic amines) is 1. The smallest absolute Gasteiger partial charge is 0.407 e. The molecule has 1 aromatic rings. The zero-order valence-electron chi connectivity index (χ0n) is 10.4. The van der Waals surface area contributed by atoms with Gasteiger partial charge in [-0.05, 0) is 30.9 Å². The topological polar surface area (TPSA) is 70.5 Å². The van der Waals surface area contributed by atoms with Crippen molar-refractivity contribution in [1.29, 1.82) is 0 Å². The lowest BCUT2D eigenvalue weighted by Gasteiger charge is -2.27. The SMILES string of the molecule is O=C(C#CC1CCN(C(=O)O)CC1)c1cccnc1. The quantitative estimate of drug-likeness (QED) is 0.472. The highest BCUT2D eigenvalue weighted by atomic mass is 16.4. The van der Waals surface area contributed by atoms with E-state index in [0.717, 1.165) is 0 Å². The Morgan fingerprint density at radius 2 is 2.11 bits per heavy atom. The Bertz CT molecular complexity index is 523. The normalized spacial score (nSPS) is 15.5. The number of ketones is 1. The maximum atomic E-state index is 11.7. The van der Waals surface area contributed by atoms with Crippen LogP contribution in [0.4, 0.5) is 4.79 Å². The Morgan fingerprint density at radius 3 is 2.68 bits per heavy atom. The minimum atomic E-state index is -0.891. The molecule has 5 heteroatoms. The monoisotopic (exact) mass is 258 g/mol. The van der Waals surface area contributed by atoms with Crippen molar-refractivity contribution in [3.05, 3.63) is 30.1 Å². The standard InChI is InChI=1S/C14H14N2O3/c17-13(12-2-1-7-15-10-12)4-3-11-5-8-16(9-6-11)14(18)19/h1-2,7,10-11H,5-6,8-9H2,(H,18,19). The lowest BCUT2D eigenvalue weighted by atomic mass is 9.97. The van der Waals surface area contributed by atoms with E-state index < -0.39 is 6.09 Å². The number of amides is 1. The Balaban J connectivity index is 1.91. The van der Waals surface area contributed by atoms with Crippen LogP contribution in [0.3, 0.4) is 0 Å². The molecule has 0 bridgehead atoms. The molecule has 1 aliphatic heterocycles. The van der Waals surface area contributed by atoms with Gasteiger partial charge >= 0.3 is 6.09 Å². The Labute approximate surface area is 111 Å². The van der Waals surface area contributed by atoms with Crippen LogP contribution in [0.25, 0.3) is 0 Å². The lowest BCUT2D eigenvalue weighted by Crippen LogP contribution is -2.37. The van der Waals surface area contributed by atoms with Crippen LogP contribution in [0.5, 0.6) is 0 Å². The minimum absolute atomic E-state index is 0.0937. The van der Waals surface area contributed by atoms with E-state index in [0.29, 0.717) is 31.5 Å². The van der Waals surface area contributed by atoms with Gasteiger partial charge in [0, 0.05) is 37.0 Å². The predicted octanol–water partition coefficient (Wildman–Crippen LogP) is 1.66. The zero-order valence-corrected chi connectivity index (χ0v) is 10.4. The molecule has 1 aliphatic rings. The van der Waals surface area contributed by atoms with E-state index in [1.165, 1.54) is 11.1 Å². The molecule has 1 aromatic heterocycles. The van der Waals surface area contributed by atoms with Crippen molar-refractivity contribution in [2.24, 2.45) is 5.92 Å². The van der Waals surface area contributed by atoms with Crippen molar-refractivity contribution in [1.82, 2.24) is 9.88 Å². The molecule has 0 aliphatic carbocycles. The third kappa shape index (κ3) is 3.55. The Kier molecular flexibility index (Phi) is 4.14. The molecule has 2 rings (SSSR count). The van der Waals surface area contributed by atoms with Crippen LogP contribution in [-0.4, -0.2) is 40.0 Å². The molecule has 0 unspecified atom stereocenters. The van der Waals surface area contributed by atoms with Crippen LogP contribution in [0.2, 0.25) is 0 Å². The summed E-state index contributed by atoms with van der Waals surface area (Å²) in [6, 6.07) is 3.37. The summed E-state index contributed by atoms with van der Waals surface area (Å²) < 4.78 is 0. The summed E-state index contributed by atoms with van der Waals surface area (Å²) in [6.07, 6.45) is 3.56. The molecule has 0 aromatic carbocycles.